The van der Waals surface area contributed by atoms with E-state index in [9.17, 15) is 18.4 Å². The van der Waals surface area contributed by atoms with Gasteiger partial charge in [-0.2, -0.15) is 5.26 Å². The van der Waals surface area contributed by atoms with Crippen LogP contribution in [0.1, 0.15) is 16.8 Å². The van der Waals surface area contributed by atoms with E-state index in [1.54, 1.807) is 12.3 Å². The standard InChI is InChI=1S/C22H19F2N5O2/c1-28-7-5-15-8-14(2-3-19(15)28)18-11-26-6-4-17(18)21(31)27-12-20(30)29-13-22(23,24)9-16(29)10-25/h2-8,11,16H,9,12-13H2,1H3,(H,27,31)/t16-/m0/s1. The minimum atomic E-state index is -3.10. The molecule has 1 atom stereocenters. The van der Waals surface area contributed by atoms with Crippen molar-refractivity contribution in [2.75, 3.05) is 13.1 Å². The van der Waals surface area contributed by atoms with Crippen LogP contribution in [-0.4, -0.2) is 51.3 Å². The minimum Gasteiger partial charge on any atom is -0.351 e. The highest BCUT2D eigenvalue weighted by atomic mass is 19.3. The SMILES string of the molecule is Cn1ccc2cc(-c3cnccc3C(=O)NCC(=O)N3CC(F)(F)C[C@H]3C#N)ccc21. The molecule has 4 rings (SSSR count). The normalized spacial score (nSPS) is 17.5. The van der Waals surface area contributed by atoms with E-state index in [0.29, 0.717) is 11.1 Å². The smallest absolute Gasteiger partial charge is 0.268 e. The number of nitrogens with one attached hydrogen (secondary N) is 1. The number of nitrogens with zero attached hydrogens (tertiary/aromatic N) is 4. The summed E-state index contributed by atoms with van der Waals surface area (Å²) in [5.41, 5.74) is 2.72. The van der Waals surface area contributed by atoms with Crippen molar-refractivity contribution in [3.63, 3.8) is 0 Å². The van der Waals surface area contributed by atoms with Gasteiger partial charge in [-0.3, -0.25) is 14.6 Å². The van der Waals surface area contributed by atoms with Crippen molar-refractivity contribution in [2.24, 2.45) is 7.05 Å². The number of halogens is 2. The number of rotatable bonds is 4. The molecule has 0 spiro atoms. The summed E-state index contributed by atoms with van der Waals surface area (Å²) < 4.78 is 29.1. The Kier molecular flexibility index (Phi) is 5.15. The zero-order chi connectivity index (χ0) is 22.2. The van der Waals surface area contributed by atoms with E-state index < -0.39 is 43.3 Å². The molecule has 1 aliphatic heterocycles. The number of nitriles is 1. The Morgan fingerprint density at radius 1 is 1.32 bits per heavy atom. The van der Waals surface area contributed by atoms with Crippen molar-refractivity contribution in [3.05, 3.63) is 54.5 Å². The second kappa shape index (κ2) is 7.80. The number of hydrogen-bond acceptors (Lipinski definition) is 4. The average molecular weight is 423 g/mol. The Morgan fingerprint density at radius 2 is 2.13 bits per heavy atom. The van der Waals surface area contributed by atoms with Crippen molar-refractivity contribution in [1.82, 2.24) is 19.8 Å². The van der Waals surface area contributed by atoms with E-state index in [-0.39, 0.29) is 0 Å². The molecule has 2 amide bonds. The Morgan fingerprint density at radius 3 is 2.90 bits per heavy atom. The highest BCUT2D eigenvalue weighted by Crippen LogP contribution is 2.31. The third-order valence-corrected chi connectivity index (χ3v) is 5.40. The van der Waals surface area contributed by atoms with Crippen LogP contribution in [0.15, 0.2) is 48.9 Å². The summed E-state index contributed by atoms with van der Waals surface area (Å²) in [5.74, 6) is -4.36. The van der Waals surface area contributed by atoms with Gasteiger partial charge in [0.2, 0.25) is 5.91 Å². The number of likely N-dealkylation sites (tertiary alicyclic amines) is 1. The molecular weight excluding hydrogens is 404 g/mol. The van der Waals surface area contributed by atoms with Gasteiger partial charge in [-0.1, -0.05) is 6.07 Å². The molecule has 31 heavy (non-hydrogen) atoms. The van der Waals surface area contributed by atoms with Gasteiger partial charge in [0.15, 0.2) is 0 Å². The van der Waals surface area contributed by atoms with Crippen molar-refractivity contribution in [2.45, 2.75) is 18.4 Å². The fourth-order valence-corrected chi connectivity index (χ4v) is 3.82. The highest BCUT2D eigenvalue weighted by Gasteiger charge is 2.47. The van der Waals surface area contributed by atoms with Crippen LogP contribution in [0.3, 0.4) is 0 Å². The van der Waals surface area contributed by atoms with E-state index >= 15 is 0 Å². The third kappa shape index (κ3) is 3.97. The maximum atomic E-state index is 13.6. The lowest BCUT2D eigenvalue weighted by molar-refractivity contribution is -0.131. The third-order valence-electron chi connectivity index (χ3n) is 5.40. The average Bonchev–Trinajstić information content (AvgIpc) is 3.30. The maximum Gasteiger partial charge on any atom is 0.268 e. The lowest BCUT2D eigenvalue weighted by Crippen LogP contribution is -2.43. The van der Waals surface area contributed by atoms with Gasteiger partial charge in [0.05, 0.1) is 24.7 Å². The number of alkyl halides is 2. The highest BCUT2D eigenvalue weighted by molar-refractivity contribution is 6.02. The molecule has 1 N–H and O–H groups in total. The number of carbonyl (C=O) groups is 2. The van der Waals surface area contributed by atoms with Gasteiger partial charge in [0, 0.05) is 48.5 Å². The fraction of sp³-hybridized carbons (Fsp3) is 0.273. The summed E-state index contributed by atoms with van der Waals surface area (Å²) in [4.78, 5) is 30.1. The minimum absolute atomic E-state index is 0.307. The molecule has 0 saturated carbocycles. The Bertz CT molecular complexity index is 1210. The van der Waals surface area contributed by atoms with E-state index in [4.69, 9.17) is 5.26 Å². The number of benzene rings is 1. The van der Waals surface area contributed by atoms with Crippen LogP contribution < -0.4 is 5.32 Å². The summed E-state index contributed by atoms with van der Waals surface area (Å²) >= 11 is 0. The summed E-state index contributed by atoms with van der Waals surface area (Å²) in [7, 11) is 1.94. The van der Waals surface area contributed by atoms with Crippen LogP contribution in [0.4, 0.5) is 8.78 Å². The second-order valence-corrected chi connectivity index (χ2v) is 7.53. The topological polar surface area (TPSA) is 91.0 Å². The molecule has 2 aromatic heterocycles. The molecule has 0 aliphatic carbocycles. The lowest BCUT2D eigenvalue weighted by Gasteiger charge is -2.19. The van der Waals surface area contributed by atoms with Crippen molar-refractivity contribution >= 4 is 22.7 Å². The molecule has 3 heterocycles. The number of aromatic nitrogens is 2. The first-order valence-electron chi connectivity index (χ1n) is 9.64. The molecule has 1 saturated heterocycles. The molecular formula is C22H19F2N5O2. The molecule has 9 heteroatoms. The number of amides is 2. The van der Waals surface area contributed by atoms with Crippen LogP contribution in [0.5, 0.6) is 0 Å². The predicted molar refractivity (Wildman–Crippen MR) is 109 cm³/mol. The first kappa shape index (κ1) is 20.5. The number of hydrogen-bond donors (Lipinski definition) is 1. The Balaban J connectivity index is 1.52. The molecule has 1 fully saturated rings. The van der Waals surface area contributed by atoms with Crippen LogP contribution in [0.2, 0.25) is 0 Å². The fourth-order valence-electron chi connectivity index (χ4n) is 3.82. The summed E-state index contributed by atoms with van der Waals surface area (Å²) in [6.07, 6.45) is 4.27. The first-order valence-corrected chi connectivity index (χ1v) is 9.64. The molecule has 0 unspecified atom stereocenters. The second-order valence-electron chi connectivity index (χ2n) is 7.53. The van der Waals surface area contributed by atoms with Gasteiger partial charge in [-0.15, -0.1) is 0 Å². The Labute approximate surface area is 176 Å². The maximum absolute atomic E-state index is 13.6. The summed E-state index contributed by atoms with van der Waals surface area (Å²) in [6.45, 7) is -1.30. The number of carbonyl (C=O) groups excluding carboxylic acids is 2. The van der Waals surface area contributed by atoms with Crippen LogP contribution in [0.25, 0.3) is 22.0 Å². The zero-order valence-corrected chi connectivity index (χ0v) is 16.7. The largest absolute Gasteiger partial charge is 0.351 e. The van der Waals surface area contributed by atoms with Crippen molar-refractivity contribution < 1.29 is 18.4 Å². The van der Waals surface area contributed by atoms with E-state index in [0.717, 1.165) is 21.4 Å². The molecule has 158 valence electrons. The van der Waals surface area contributed by atoms with Crippen LogP contribution in [0, 0.1) is 11.3 Å². The summed E-state index contributed by atoms with van der Waals surface area (Å²) in [6, 6.07) is 9.78. The van der Waals surface area contributed by atoms with Gasteiger partial charge >= 0.3 is 0 Å². The van der Waals surface area contributed by atoms with Crippen LogP contribution >= 0.6 is 0 Å². The molecule has 0 radical (unpaired) electrons. The number of pyridine rings is 1. The molecule has 3 aromatic rings. The van der Waals surface area contributed by atoms with Crippen molar-refractivity contribution in [1.29, 1.82) is 5.26 Å². The quantitative estimate of drug-likeness (QED) is 0.699. The monoisotopic (exact) mass is 423 g/mol. The van der Waals surface area contributed by atoms with E-state index in [2.05, 4.69) is 10.3 Å². The van der Waals surface area contributed by atoms with Gasteiger partial charge in [-0.25, -0.2) is 8.78 Å². The lowest BCUT2D eigenvalue weighted by atomic mass is 10.0. The predicted octanol–water partition coefficient (Wildman–Crippen LogP) is 2.73. The molecule has 7 nitrogen and oxygen atoms in total. The molecule has 1 aliphatic rings. The van der Waals surface area contributed by atoms with Gasteiger partial charge in [0.1, 0.15) is 6.04 Å². The number of aryl methyl sites for hydroxylation is 1. The van der Waals surface area contributed by atoms with Crippen molar-refractivity contribution in [3.8, 4) is 17.2 Å². The van der Waals surface area contributed by atoms with Gasteiger partial charge in [0.25, 0.3) is 11.8 Å². The van der Waals surface area contributed by atoms with Gasteiger partial charge in [-0.05, 0) is 29.8 Å². The number of fused-ring (bicyclic) bond motifs is 1. The molecule has 0 bridgehead atoms. The molecule has 1 aromatic carbocycles. The summed E-state index contributed by atoms with van der Waals surface area (Å²) in [5, 5.41) is 12.5. The van der Waals surface area contributed by atoms with E-state index in [1.807, 2.05) is 42.1 Å². The zero-order valence-electron chi connectivity index (χ0n) is 16.7. The van der Waals surface area contributed by atoms with Crippen LogP contribution in [-0.2, 0) is 11.8 Å². The van der Waals surface area contributed by atoms with Gasteiger partial charge < -0.3 is 14.8 Å². The first-order chi connectivity index (χ1) is 14.8. The van der Waals surface area contributed by atoms with E-state index in [1.165, 1.54) is 12.3 Å². The Hall–Kier alpha value is -3.80.